The summed E-state index contributed by atoms with van der Waals surface area (Å²) in [6.45, 7) is 2.28. The number of aliphatic hydroxyl groups excluding tert-OH is 3. The first-order valence-corrected chi connectivity index (χ1v) is 40.7. The number of nitrogens with one attached hydrogen (secondary N) is 17. The largest absolute Gasteiger partial charge is 0.508 e. The molecule has 3 aromatic carbocycles. The van der Waals surface area contributed by atoms with Gasteiger partial charge in [0.1, 0.15) is 90.0 Å². The summed E-state index contributed by atoms with van der Waals surface area (Å²) in [5.41, 5.74) is 18.7. The second-order valence-corrected chi connectivity index (χ2v) is 31.3. The Bertz CT molecular complexity index is 4120. The molecule has 4 aromatic rings. The van der Waals surface area contributed by atoms with Gasteiger partial charge in [0.2, 0.25) is 88.6 Å². The maximum absolute atomic E-state index is 15.3. The van der Waals surface area contributed by atoms with E-state index in [0.717, 1.165) is 21.6 Å². The Hall–Kier alpha value is -11.3. The molecule has 40 nitrogen and oxygen atoms in total. The number of benzene rings is 3. The molecule has 2 aliphatic rings. The smallest absolute Gasteiger partial charge is 0.245 e. The number of phenolic OH excluding ortho intramolecular Hbond substituents is 2. The van der Waals surface area contributed by atoms with Gasteiger partial charge in [-0.25, -0.2) is 0 Å². The molecule has 2 bridgehead atoms. The number of rotatable bonds is 24. The van der Waals surface area contributed by atoms with Crippen molar-refractivity contribution in [1.82, 2.24) is 84.7 Å². The minimum atomic E-state index is -1.94. The van der Waals surface area contributed by atoms with Gasteiger partial charge in [-0.05, 0) is 110 Å². The summed E-state index contributed by atoms with van der Waals surface area (Å²) in [5, 5.41) is 98.5. The molecule has 14 atom stereocenters. The van der Waals surface area contributed by atoms with Gasteiger partial charge in [-0.15, -0.1) is 0 Å². The molecule has 0 saturated carbocycles. The number of hydrogen-bond donors (Lipinski definition) is 25. The molecule has 2 saturated heterocycles. The summed E-state index contributed by atoms with van der Waals surface area (Å²) in [6, 6.07) is -4.81. The fraction of sp³-hybridized carbons (Fsp3) is 0.520. The van der Waals surface area contributed by atoms with Gasteiger partial charge in [0.15, 0.2) is 5.96 Å². The second kappa shape index (κ2) is 47.6. The number of phenols is 2. The molecule has 15 amide bonds. The van der Waals surface area contributed by atoms with Gasteiger partial charge in [-0.1, -0.05) is 98.2 Å². The van der Waals surface area contributed by atoms with Crippen LogP contribution in [0.3, 0.4) is 0 Å². The van der Waals surface area contributed by atoms with E-state index < -0.39 is 242 Å². The van der Waals surface area contributed by atoms with Crippen molar-refractivity contribution >= 4 is 127 Å². The molecule has 3 heterocycles. The Labute approximate surface area is 681 Å². The van der Waals surface area contributed by atoms with Crippen molar-refractivity contribution in [1.29, 1.82) is 5.41 Å². The molecule has 28 N–H and O–H groups in total. The van der Waals surface area contributed by atoms with Gasteiger partial charge in [-0.2, -0.15) is 0 Å². The van der Waals surface area contributed by atoms with E-state index in [-0.39, 0.29) is 82.4 Å². The number of amides is 15. The molecule has 117 heavy (non-hydrogen) atoms. The Morgan fingerprint density at radius 3 is 1.40 bits per heavy atom. The molecular formula is C75H108N20O20S2. The number of aromatic hydroxyl groups is 2. The predicted molar refractivity (Wildman–Crippen MR) is 429 cm³/mol. The molecule has 0 spiro atoms. The normalized spacial score (nSPS) is 24.6. The fourth-order valence-corrected chi connectivity index (χ4v) is 14.7. The molecule has 14 unspecified atom stereocenters. The third-order valence-corrected chi connectivity index (χ3v) is 21.5. The molecule has 2 aliphatic heterocycles. The molecule has 6 rings (SSSR count). The minimum absolute atomic E-state index is 0.00114. The number of carbonyl (C=O) groups excluding carboxylic acids is 15. The second-order valence-electron chi connectivity index (χ2n) is 28.7. The summed E-state index contributed by atoms with van der Waals surface area (Å²) in [4.78, 5) is 222. The number of para-hydroxylation sites is 1. The van der Waals surface area contributed by atoms with E-state index in [1.165, 1.54) is 48.5 Å². The highest BCUT2D eigenvalue weighted by atomic mass is 33.1. The molecule has 0 radical (unpaired) electrons. The zero-order valence-corrected chi connectivity index (χ0v) is 66.8. The zero-order valence-electron chi connectivity index (χ0n) is 65.2. The van der Waals surface area contributed by atoms with Crippen molar-refractivity contribution in [3.63, 3.8) is 0 Å². The van der Waals surface area contributed by atoms with E-state index in [1.807, 2.05) is 0 Å². The van der Waals surface area contributed by atoms with E-state index in [9.17, 15) is 73.5 Å². The number of primary amides is 1. The monoisotopic (exact) mass is 1670 g/mol. The Morgan fingerprint density at radius 2 is 0.906 bits per heavy atom. The maximum atomic E-state index is 15.3. The summed E-state index contributed by atoms with van der Waals surface area (Å²) >= 11 is 0. The van der Waals surface area contributed by atoms with E-state index >= 15 is 24.0 Å². The quantitative estimate of drug-likeness (QED) is 0.0134. The van der Waals surface area contributed by atoms with E-state index in [2.05, 4.69) is 84.7 Å². The van der Waals surface area contributed by atoms with Crippen molar-refractivity contribution in [2.45, 2.75) is 183 Å². The van der Waals surface area contributed by atoms with Crippen LogP contribution < -0.4 is 97.0 Å². The van der Waals surface area contributed by atoms with E-state index in [1.54, 1.807) is 58.2 Å². The van der Waals surface area contributed by atoms with Crippen molar-refractivity contribution in [3.8, 4) is 11.5 Å². The van der Waals surface area contributed by atoms with Crippen LogP contribution in [0.15, 0.2) is 79.0 Å². The SMILES string of the molecule is CCC(C)C1NC(=O)C2CSSCC(NC(=O)C(CC(C)C)NC(=O)C(Cc3ccc(O)cc3)NC(=O)C(CCC(N)=O)NC(=O)C(CO)NC(=O)C(Cc3c[nH]c4ccccc34)NC1=O)C(=O)NC(CCCCN)C(=O)NC(Cc1ccc(O)cc1)C(=O)NC(CO)C(=O)NC(CO)C(=O)NC(CCCNC(=N)N)C(=O)NCC(=O)N2. The average molecular weight is 1670 g/mol. The molecule has 2 fully saturated rings. The first-order valence-electron chi connectivity index (χ1n) is 38.2. The lowest BCUT2D eigenvalue weighted by molar-refractivity contribution is -0.137. The summed E-state index contributed by atoms with van der Waals surface area (Å²) in [7, 11) is 1.64. The van der Waals surface area contributed by atoms with Crippen LogP contribution in [0, 0.1) is 17.2 Å². The zero-order chi connectivity index (χ0) is 86.0. The molecular weight excluding hydrogens is 1570 g/mol. The standard InChI is InChI=1S/C75H108N20O20S2/c1-5-39(4)61-74(115)90-53(30-42-31-81-46-12-7-6-11-45(42)46)68(109)92-54(33-96)70(111)86-49(23-24-59(77)101)64(105)89-51(28-40-15-19-43(99)20-16-40)66(107)87-50(27-38(2)3)65(106)94-58-37-117-116-36-57(73(114)95-61)83-60(102)32-82-62(103)47(14-10-26-80-75(78)79)84-69(110)55(34-97)93-71(112)56(35-98)91-67(108)52(29-41-17-21-44(100)22-18-41)88-63(104)48(85-72(58)113)13-8-9-25-76/h6-7,11-12,15-22,31,38-39,47-58,61,81,96-100H,5,8-10,13-14,23-30,32-37,76H2,1-4H3,(H2,77,101)(H,82,103)(H,83,102)(H,84,110)(H,85,113)(H,86,111)(H,87,107)(H,88,104)(H,89,105)(H,90,115)(H,91,108)(H,92,109)(H,93,112)(H,94,106)(H,95,114)(H4,78,79,80). The number of carbonyl (C=O) groups is 15. The van der Waals surface area contributed by atoms with Crippen LogP contribution in [0.5, 0.6) is 11.5 Å². The van der Waals surface area contributed by atoms with Gasteiger partial charge in [0, 0.05) is 60.8 Å². The number of aliphatic hydroxyl groups is 3. The van der Waals surface area contributed by atoms with Gasteiger partial charge in [-0.3, -0.25) is 77.3 Å². The Kier molecular flexibility index (Phi) is 38.5. The van der Waals surface area contributed by atoms with Crippen LogP contribution in [-0.2, 0) is 91.2 Å². The number of H-pyrrole nitrogens is 1. The van der Waals surface area contributed by atoms with Crippen molar-refractivity contribution < 1.29 is 97.5 Å². The third kappa shape index (κ3) is 30.7. The van der Waals surface area contributed by atoms with Crippen LogP contribution in [0.25, 0.3) is 10.9 Å². The minimum Gasteiger partial charge on any atom is -0.508 e. The highest BCUT2D eigenvalue weighted by Crippen LogP contribution is 2.26. The van der Waals surface area contributed by atoms with Crippen molar-refractivity contribution in [2.75, 3.05) is 51.0 Å². The fourth-order valence-electron chi connectivity index (χ4n) is 12.4. The number of nitrogens with two attached hydrogens (primary N) is 3. The highest BCUT2D eigenvalue weighted by molar-refractivity contribution is 8.76. The lowest BCUT2D eigenvalue weighted by Gasteiger charge is -2.30. The van der Waals surface area contributed by atoms with E-state index in [0.29, 0.717) is 27.6 Å². The van der Waals surface area contributed by atoms with Crippen molar-refractivity contribution in [2.24, 2.45) is 29.0 Å². The first-order chi connectivity index (χ1) is 55.7. The number of unbranched alkanes of at least 4 members (excludes halogenated alkanes) is 1. The Balaban J connectivity index is 1.55. The summed E-state index contributed by atoms with van der Waals surface area (Å²) in [5.74, 6) is -19.4. The lowest BCUT2D eigenvalue weighted by Crippen LogP contribution is -2.62. The van der Waals surface area contributed by atoms with Crippen LogP contribution >= 0.6 is 21.6 Å². The molecule has 640 valence electrons. The molecule has 42 heteroatoms. The van der Waals surface area contributed by atoms with Crippen molar-refractivity contribution in [3.05, 3.63) is 95.7 Å². The molecule has 1 aromatic heterocycles. The van der Waals surface area contributed by atoms with Crippen LogP contribution in [0.4, 0.5) is 0 Å². The number of aromatic amines is 1. The summed E-state index contributed by atoms with van der Waals surface area (Å²) in [6.07, 6.45) is -0.711. The predicted octanol–water partition coefficient (Wildman–Crippen LogP) is -5.84. The lowest BCUT2D eigenvalue weighted by atomic mass is 9.96. The van der Waals surface area contributed by atoms with Crippen LogP contribution in [0.1, 0.15) is 102 Å². The Morgan fingerprint density at radius 1 is 0.487 bits per heavy atom. The van der Waals surface area contributed by atoms with Gasteiger partial charge < -0.3 is 127 Å². The molecule has 0 aliphatic carbocycles. The van der Waals surface area contributed by atoms with Gasteiger partial charge in [0.25, 0.3) is 0 Å². The third-order valence-electron chi connectivity index (χ3n) is 19.1. The average Bonchev–Trinajstić information content (AvgIpc) is 1.78. The first kappa shape index (κ1) is 94.5. The topological polar surface area (TPSA) is 655 Å². The number of fused-ring (bicyclic) bond motifs is 6. The number of guanidine groups is 1. The highest BCUT2D eigenvalue weighted by Gasteiger charge is 2.40. The van der Waals surface area contributed by atoms with Crippen LogP contribution in [0.2, 0.25) is 0 Å². The summed E-state index contributed by atoms with van der Waals surface area (Å²) < 4.78 is 0. The number of aromatic nitrogens is 1. The maximum Gasteiger partial charge on any atom is 0.245 e. The number of hydrogen-bond acceptors (Lipinski definition) is 24. The van der Waals surface area contributed by atoms with Gasteiger partial charge >= 0.3 is 0 Å². The van der Waals surface area contributed by atoms with E-state index in [4.69, 9.17) is 22.6 Å². The van der Waals surface area contributed by atoms with Gasteiger partial charge in [0.05, 0.1) is 26.4 Å². The van der Waals surface area contributed by atoms with Crippen LogP contribution in [-0.4, -0.2) is 255 Å².